The summed E-state index contributed by atoms with van der Waals surface area (Å²) in [7, 11) is 1.61. The van der Waals surface area contributed by atoms with Gasteiger partial charge in [0, 0.05) is 17.3 Å². The molecule has 0 aliphatic heterocycles. The van der Waals surface area contributed by atoms with Crippen LogP contribution in [0.15, 0.2) is 42.5 Å². The molecular weight excluding hydrogens is 286 g/mol. The van der Waals surface area contributed by atoms with Crippen LogP contribution < -0.4 is 14.8 Å². The Balaban J connectivity index is 2.03. The largest absolute Gasteiger partial charge is 0.493 e. The Morgan fingerprint density at radius 1 is 1.14 bits per heavy atom. The maximum Gasteiger partial charge on any atom is 0.162 e. The zero-order valence-corrected chi connectivity index (χ0v) is 12.5. The molecule has 2 aromatic rings. The molecule has 0 amide bonds. The average molecular weight is 302 g/mol. The van der Waals surface area contributed by atoms with Gasteiger partial charge in [-0.1, -0.05) is 23.6 Å². The van der Waals surface area contributed by atoms with Crippen molar-refractivity contribution in [3.05, 3.63) is 53.1 Å². The summed E-state index contributed by atoms with van der Waals surface area (Å²) in [5.41, 5.74) is 2.08. The number of hydrogen-bond acceptors (Lipinski definition) is 3. The van der Waals surface area contributed by atoms with Crippen LogP contribution in [0.5, 0.6) is 11.5 Å². The van der Waals surface area contributed by atoms with Crippen LogP contribution in [0.2, 0.25) is 5.02 Å². The van der Waals surface area contributed by atoms with Gasteiger partial charge in [0.1, 0.15) is 6.61 Å². The van der Waals surface area contributed by atoms with Crippen LogP contribution in [0.25, 0.3) is 0 Å². The first-order valence-electron chi connectivity index (χ1n) is 6.45. The molecule has 0 aliphatic rings. The molecule has 0 aromatic heterocycles. The van der Waals surface area contributed by atoms with Crippen molar-refractivity contribution < 1.29 is 9.47 Å². The maximum atomic E-state index is 5.86. The fraction of sp³-hybridized carbons (Fsp3) is 0.176. The first-order valence-corrected chi connectivity index (χ1v) is 6.83. The van der Waals surface area contributed by atoms with Gasteiger partial charge < -0.3 is 14.8 Å². The van der Waals surface area contributed by atoms with Crippen LogP contribution in [0.1, 0.15) is 5.56 Å². The van der Waals surface area contributed by atoms with E-state index in [1.165, 1.54) is 0 Å². The quantitative estimate of drug-likeness (QED) is 0.819. The van der Waals surface area contributed by atoms with Gasteiger partial charge >= 0.3 is 0 Å². The highest BCUT2D eigenvalue weighted by molar-refractivity contribution is 6.30. The second-order valence-electron chi connectivity index (χ2n) is 4.34. The highest BCUT2D eigenvalue weighted by atomic mass is 35.5. The minimum atomic E-state index is 0.221. The Bertz CT molecular complexity index is 632. The van der Waals surface area contributed by atoms with Gasteiger partial charge in [-0.2, -0.15) is 0 Å². The summed E-state index contributed by atoms with van der Waals surface area (Å²) in [6, 6.07) is 13.3. The van der Waals surface area contributed by atoms with E-state index in [-0.39, 0.29) is 6.61 Å². The highest BCUT2D eigenvalue weighted by Gasteiger charge is 2.05. The first-order chi connectivity index (χ1) is 10.2. The lowest BCUT2D eigenvalue weighted by molar-refractivity contribution is 0.330. The first kappa shape index (κ1) is 15.1. The number of ether oxygens (including phenoxy) is 2. The molecule has 0 radical (unpaired) electrons. The third-order valence-electron chi connectivity index (χ3n) is 2.88. The van der Waals surface area contributed by atoms with E-state index in [0.29, 0.717) is 18.0 Å². The number of halogens is 1. The maximum absolute atomic E-state index is 5.86. The van der Waals surface area contributed by atoms with Crippen molar-refractivity contribution in [2.75, 3.05) is 19.0 Å². The van der Waals surface area contributed by atoms with Gasteiger partial charge in [-0.25, -0.2) is 0 Å². The van der Waals surface area contributed by atoms with Crippen molar-refractivity contribution in [3.8, 4) is 23.8 Å². The second kappa shape index (κ2) is 7.47. The third-order valence-corrected chi connectivity index (χ3v) is 3.13. The van der Waals surface area contributed by atoms with Gasteiger partial charge in [0.15, 0.2) is 11.5 Å². The summed E-state index contributed by atoms with van der Waals surface area (Å²) in [5.74, 6) is 3.74. The molecule has 2 aromatic carbocycles. The minimum absolute atomic E-state index is 0.221. The van der Waals surface area contributed by atoms with Gasteiger partial charge in [0.25, 0.3) is 0 Å². The van der Waals surface area contributed by atoms with E-state index in [1.54, 1.807) is 7.11 Å². The minimum Gasteiger partial charge on any atom is -0.493 e. The van der Waals surface area contributed by atoms with E-state index < -0.39 is 0 Å². The van der Waals surface area contributed by atoms with Crippen LogP contribution in [0, 0.1) is 12.3 Å². The zero-order valence-electron chi connectivity index (χ0n) is 11.7. The second-order valence-corrected chi connectivity index (χ2v) is 4.77. The fourth-order valence-electron chi connectivity index (χ4n) is 1.83. The van der Waals surface area contributed by atoms with Crippen LogP contribution in [0.4, 0.5) is 5.69 Å². The van der Waals surface area contributed by atoms with Gasteiger partial charge in [-0.15, -0.1) is 6.42 Å². The number of rotatable bonds is 6. The Morgan fingerprint density at radius 2 is 1.90 bits per heavy atom. The monoisotopic (exact) mass is 301 g/mol. The number of methoxy groups -OCH3 is 1. The number of anilines is 1. The van der Waals surface area contributed by atoms with Gasteiger partial charge in [-0.05, 0) is 42.0 Å². The lowest BCUT2D eigenvalue weighted by Gasteiger charge is -2.12. The predicted octanol–water partition coefficient (Wildman–Crippen LogP) is 3.97. The molecule has 0 saturated heterocycles. The number of hydrogen-bond donors (Lipinski definition) is 1. The van der Waals surface area contributed by atoms with Crippen molar-refractivity contribution in [1.29, 1.82) is 0 Å². The summed E-state index contributed by atoms with van der Waals surface area (Å²) in [6.45, 7) is 0.895. The zero-order chi connectivity index (χ0) is 15.1. The van der Waals surface area contributed by atoms with Crippen molar-refractivity contribution in [1.82, 2.24) is 0 Å². The standard InChI is InChI=1S/C17H16ClNO2/c1-3-10-21-16-9-4-13(11-17(16)20-2)12-19-15-7-5-14(18)6-8-15/h1,4-9,11,19H,10,12H2,2H3. The molecule has 1 N–H and O–H groups in total. The molecule has 0 saturated carbocycles. The number of terminal acetylenes is 1. The van der Waals surface area contributed by atoms with Crippen LogP contribution >= 0.6 is 11.6 Å². The van der Waals surface area contributed by atoms with Gasteiger partial charge in [-0.3, -0.25) is 0 Å². The predicted molar refractivity (Wildman–Crippen MR) is 86.1 cm³/mol. The molecule has 4 heteroatoms. The smallest absolute Gasteiger partial charge is 0.162 e. The summed E-state index contributed by atoms with van der Waals surface area (Å²) >= 11 is 5.86. The molecule has 0 spiro atoms. The molecule has 0 bridgehead atoms. The summed E-state index contributed by atoms with van der Waals surface area (Å²) in [4.78, 5) is 0. The summed E-state index contributed by atoms with van der Waals surface area (Å²) < 4.78 is 10.7. The Hall–Kier alpha value is -2.31. The van der Waals surface area contributed by atoms with E-state index in [2.05, 4.69) is 11.2 Å². The van der Waals surface area contributed by atoms with E-state index in [4.69, 9.17) is 27.5 Å². The topological polar surface area (TPSA) is 30.5 Å². The van der Waals surface area contributed by atoms with E-state index in [9.17, 15) is 0 Å². The van der Waals surface area contributed by atoms with Crippen molar-refractivity contribution in [3.63, 3.8) is 0 Å². The number of nitrogens with one attached hydrogen (secondary N) is 1. The Kier molecular flexibility index (Phi) is 5.36. The molecule has 0 aliphatic carbocycles. The molecule has 0 fully saturated rings. The molecule has 0 atom stereocenters. The van der Waals surface area contributed by atoms with Crippen molar-refractivity contribution in [2.24, 2.45) is 0 Å². The van der Waals surface area contributed by atoms with Crippen molar-refractivity contribution >= 4 is 17.3 Å². The van der Waals surface area contributed by atoms with E-state index >= 15 is 0 Å². The molecule has 21 heavy (non-hydrogen) atoms. The highest BCUT2D eigenvalue weighted by Crippen LogP contribution is 2.28. The Morgan fingerprint density at radius 3 is 2.57 bits per heavy atom. The average Bonchev–Trinajstić information content (AvgIpc) is 2.52. The summed E-state index contributed by atoms with van der Waals surface area (Å²) in [6.07, 6.45) is 5.19. The lowest BCUT2D eigenvalue weighted by Crippen LogP contribution is -2.01. The molecule has 2 rings (SSSR count). The molecule has 108 valence electrons. The lowest BCUT2D eigenvalue weighted by atomic mass is 10.2. The van der Waals surface area contributed by atoms with E-state index in [1.807, 2.05) is 42.5 Å². The van der Waals surface area contributed by atoms with Crippen LogP contribution in [0.3, 0.4) is 0 Å². The summed E-state index contributed by atoms with van der Waals surface area (Å²) in [5, 5.41) is 4.03. The molecule has 0 unspecified atom stereocenters. The van der Waals surface area contributed by atoms with Crippen LogP contribution in [-0.4, -0.2) is 13.7 Å². The normalized spacial score (nSPS) is 9.76. The fourth-order valence-corrected chi connectivity index (χ4v) is 1.96. The third kappa shape index (κ3) is 4.34. The molecule has 3 nitrogen and oxygen atoms in total. The Labute approximate surface area is 129 Å². The van der Waals surface area contributed by atoms with Crippen LogP contribution in [-0.2, 0) is 6.54 Å². The number of benzene rings is 2. The van der Waals surface area contributed by atoms with Crippen molar-refractivity contribution in [2.45, 2.75) is 6.54 Å². The molecular formula is C17H16ClNO2. The SMILES string of the molecule is C#CCOc1ccc(CNc2ccc(Cl)cc2)cc1OC. The molecule has 0 heterocycles. The van der Waals surface area contributed by atoms with E-state index in [0.717, 1.165) is 16.3 Å². The van der Waals surface area contributed by atoms with Gasteiger partial charge in [0.2, 0.25) is 0 Å². The van der Waals surface area contributed by atoms with Gasteiger partial charge in [0.05, 0.1) is 7.11 Å².